The second kappa shape index (κ2) is 9.34. The van der Waals surface area contributed by atoms with Crippen molar-refractivity contribution in [1.82, 2.24) is 10.2 Å². The molecule has 0 radical (unpaired) electrons. The number of carbonyl (C=O) groups is 1. The zero-order valence-corrected chi connectivity index (χ0v) is 15.6. The lowest BCUT2D eigenvalue weighted by atomic mass is 10.2. The predicted octanol–water partition coefficient (Wildman–Crippen LogP) is 2.44. The first-order valence-corrected chi connectivity index (χ1v) is 8.92. The zero-order chi connectivity index (χ0) is 17.5. The largest absolute Gasteiger partial charge is 0.481 e. The Morgan fingerprint density at radius 1 is 1.54 bits per heavy atom. The highest BCUT2D eigenvalue weighted by Crippen LogP contribution is 2.21. The SMILES string of the molecule is CC(C)CN1CCOC(CNC(=O)COc2ccc(Br)cc2F)C1. The monoisotopic (exact) mass is 402 g/mol. The molecule has 1 N–H and O–H groups in total. The fourth-order valence-corrected chi connectivity index (χ4v) is 2.93. The normalized spacial score (nSPS) is 18.6. The van der Waals surface area contributed by atoms with Gasteiger partial charge in [0.25, 0.3) is 5.91 Å². The molecular formula is C17H24BrFN2O3. The number of carbonyl (C=O) groups excluding carboxylic acids is 1. The third-order valence-corrected chi connectivity index (χ3v) is 4.12. The van der Waals surface area contributed by atoms with Gasteiger partial charge in [0, 0.05) is 30.7 Å². The molecule has 1 atom stereocenters. The number of amides is 1. The van der Waals surface area contributed by atoms with Gasteiger partial charge in [-0.1, -0.05) is 29.8 Å². The third kappa shape index (κ3) is 6.37. The molecule has 24 heavy (non-hydrogen) atoms. The number of ether oxygens (including phenoxy) is 2. The summed E-state index contributed by atoms with van der Waals surface area (Å²) >= 11 is 3.17. The van der Waals surface area contributed by atoms with E-state index in [2.05, 4.69) is 40.0 Å². The molecule has 5 nitrogen and oxygen atoms in total. The predicted molar refractivity (Wildman–Crippen MR) is 93.6 cm³/mol. The van der Waals surface area contributed by atoms with E-state index in [1.54, 1.807) is 6.07 Å². The second-order valence-electron chi connectivity index (χ2n) is 6.31. The van der Waals surface area contributed by atoms with Crippen LogP contribution < -0.4 is 10.1 Å². The van der Waals surface area contributed by atoms with Crippen LogP contribution in [-0.4, -0.2) is 56.3 Å². The summed E-state index contributed by atoms with van der Waals surface area (Å²) in [5.41, 5.74) is 0. The van der Waals surface area contributed by atoms with Crippen LogP contribution in [0.3, 0.4) is 0 Å². The molecular weight excluding hydrogens is 379 g/mol. The van der Waals surface area contributed by atoms with Crippen LogP contribution in [0.2, 0.25) is 0 Å². The summed E-state index contributed by atoms with van der Waals surface area (Å²) in [5, 5.41) is 2.78. The Hall–Kier alpha value is -1.18. The van der Waals surface area contributed by atoms with Gasteiger partial charge in [0.2, 0.25) is 0 Å². The van der Waals surface area contributed by atoms with Crippen molar-refractivity contribution < 1.29 is 18.7 Å². The minimum absolute atomic E-state index is 0.0223. The van der Waals surface area contributed by atoms with Crippen LogP contribution in [-0.2, 0) is 9.53 Å². The number of hydrogen-bond acceptors (Lipinski definition) is 4. The van der Waals surface area contributed by atoms with Gasteiger partial charge in [0.1, 0.15) is 0 Å². The summed E-state index contributed by atoms with van der Waals surface area (Å²) in [5.74, 6) is -0.128. The van der Waals surface area contributed by atoms with E-state index in [0.717, 1.165) is 19.6 Å². The molecule has 0 aliphatic carbocycles. The first-order chi connectivity index (χ1) is 11.4. The van der Waals surface area contributed by atoms with Crippen LogP contribution in [0.1, 0.15) is 13.8 Å². The average Bonchev–Trinajstić information content (AvgIpc) is 2.52. The van der Waals surface area contributed by atoms with E-state index in [1.165, 1.54) is 12.1 Å². The summed E-state index contributed by atoms with van der Waals surface area (Å²) in [6.07, 6.45) is -0.0223. The summed E-state index contributed by atoms with van der Waals surface area (Å²) in [6.45, 7) is 8.01. The van der Waals surface area contributed by atoms with Crippen molar-refractivity contribution in [3.8, 4) is 5.75 Å². The van der Waals surface area contributed by atoms with Gasteiger partial charge in [-0.3, -0.25) is 9.69 Å². The topological polar surface area (TPSA) is 50.8 Å². The van der Waals surface area contributed by atoms with E-state index in [9.17, 15) is 9.18 Å². The number of nitrogens with zero attached hydrogens (tertiary/aromatic N) is 1. The lowest BCUT2D eigenvalue weighted by molar-refractivity contribution is -0.124. The molecule has 1 fully saturated rings. The van der Waals surface area contributed by atoms with Crippen molar-refractivity contribution in [3.63, 3.8) is 0 Å². The Bertz CT molecular complexity index is 557. The van der Waals surface area contributed by atoms with Crippen molar-refractivity contribution >= 4 is 21.8 Å². The van der Waals surface area contributed by atoms with Crippen LogP contribution in [0.4, 0.5) is 4.39 Å². The van der Waals surface area contributed by atoms with Crippen molar-refractivity contribution in [2.45, 2.75) is 20.0 Å². The molecule has 1 unspecified atom stereocenters. The lowest BCUT2D eigenvalue weighted by Crippen LogP contribution is -2.48. The Kier molecular flexibility index (Phi) is 7.45. The van der Waals surface area contributed by atoms with Gasteiger partial charge in [-0.25, -0.2) is 4.39 Å². The quantitative estimate of drug-likeness (QED) is 0.760. The maximum Gasteiger partial charge on any atom is 0.258 e. The minimum atomic E-state index is -0.503. The molecule has 7 heteroatoms. The van der Waals surface area contributed by atoms with Gasteiger partial charge in [-0.2, -0.15) is 0 Å². The van der Waals surface area contributed by atoms with E-state index in [1.807, 2.05) is 0 Å². The fourth-order valence-electron chi connectivity index (χ4n) is 2.60. The molecule has 1 heterocycles. The molecule has 0 aromatic heterocycles. The van der Waals surface area contributed by atoms with Crippen LogP contribution >= 0.6 is 15.9 Å². The summed E-state index contributed by atoms with van der Waals surface area (Å²) in [6, 6.07) is 4.45. The molecule has 1 amide bonds. The summed E-state index contributed by atoms with van der Waals surface area (Å²) in [7, 11) is 0. The second-order valence-corrected chi connectivity index (χ2v) is 7.23. The van der Waals surface area contributed by atoms with Gasteiger partial charge < -0.3 is 14.8 Å². The number of rotatable bonds is 7. The summed E-state index contributed by atoms with van der Waals surface area (Å²) < 4.78 is 25.1. The molecule has 1 aliphatic rings. The molecule has 1 aromatic rings. The van der Waals surface area contributed by atoms with Gasteiger partial charge in [-0.05, 0) is 24.1 Å². The maximum absolute atomic E-state index is 13.6. The fraction of sp³-hybridized carbons (Fsp3) is 0.588. The van der Waals surface area contributed by atoms with Crippen molar-refractivity contribution in [2.24, 2.45) is 5.92 Å². The maximum atomic E-state index is 13.6. The van der Waals surface area contributed by atoms with Crippen LogP contribution in [0, 0.1) is 11.7 Å². The highest BCUT2D eigenvalue weighted by atomic mass is 79.9. The number of hydrogen-bond donors (Lipinski definition) is 1. The van der Waals surface area contributed by atoms with Gasteiger partial charge >= 0.3 is 0 Å². The molecule has 1 aromatic carbocycles. The average molecular weight is 403 g/mol. The van der Waals surface area contributed by atoms with E-state index >= 15 is 0 Å². The molecule has 1 saturated heterocycles. The van der Waals surface area contributed by atoms with Gasteiger partial charge in [0.05, 0.1) is 12.7 Å². The van der Waals surface area contributed by atoms with Crippen molar-refractivity contribution in [2.75, 3.05) is 39.4 Å². The number of benzene rings is 1. The van der Waals surface area contributed by atoms with Crippen LogP contribution in [0.5, 0.6) is 5.75 Å². The summed E-state index contributed by atoms with van der Waals surface area (Å²) in [4.78, 5) is 14.2. The first kappa shape index (κ1) is 19.1. The first-order valence-electron chi connectivity index (χ1n) is 8.12. The molecule has 1 aliphatic heterocycles. The molecule has 0 bridgehead atoms. The zero-order valence-electron chi connectivity index (χ0n) is 14.1. The van der Waals surface area contributed by atoms with E-state index in [-0.39, 0.29) is 24.4 Å². The van der Waals surface area contributed by atoms with Crippen LogP contribution in [0.15, 0.2) is 22.7 Å². The number of nitrogens with one attached hydrogen (secondary N) is 1. The van der Waals surface area contributed by atoms with E-state index in [0.29, 0.717) is 23.5 Å². The molecule has 134 valence electrons. The van der Waals surface area contributed by atoms with Crippen molar-refractivity contribution in [1.29, 1.82) is 0 Å². The van der Waals surface area contributed by atoms with E-state index < -0.39 is 5.82 Å². The highest BCUT2D eigenvalue weighted by Gasteiger charge is 2.21. The van der Waals surface area contributed by atoms with Gasteiger partial charge in [-0.15, -0.1) is 0 Å². The Balaban J connectivity index is 1.71. The number of halogens is 2. The van der Waals surface area contributed by atoms with Crippen molar-refractivity contribution in [3.05, 3.63) is 28.5 Å². The van der Waals surface area contributed by atoms with Gasteiger partial charge in [0.15, 0.2) is 18.2 Å². The molecule has 0 spiro atoms. The minimum Gasteiger partial charge on any atom is -0.481 e. The smallest absolute Gasteiger partial charge is 0.258 e. The third-order valence-electron chi connectivity index (χ3n) is 3.63. The molecule has 0 saturated carbocycles. The molecule has 2 rings (SSSR count). The Morgan fingerprint density at radius 3 is 3.04 bits per heavy atom. The van der Waals surface area contributed by atoms with E-state index in [4.69, 9.17) is 9.47 Å². The number of morpholine rings is 1. The Morgan fingerprint density at radius 2 is 2.33 bits per heavy atom. The highest BCUT2D eigenvalue weighted by molar-refractivity contribution is 9.10. The Labute approximate surface area is 150 Å². The lowest BCUT2D eigenvalue weighted by Gasteiger charge is -2.33. The standard InChI is InChI=1S/C17H24BrFN2O3/c1-12(2)9-21-5-6-23-14(10-21)8-20-17(22)11-24-16-4-3-13(18)7-15(16)19/h3-4,7,12,14H,5-6,8-11H2,1-2H3,(H,20,22). The van der Waals surface area contributed by atoms with Crippen LogP contribution in [0.25, 0.3) is 0 Å².